The molecule has 5 rings (SSSR count). The average Bonchev–Trinajstić information content (AvgIpc) is 2.74. The molecule has 5 heterocycles. The van der Waals surface area contributed by atoms with Crippen LogP contribution in [0.2, 0.25) is 0 Å². The number of piperidine rings is 3. The van der Waals surface area contributed by atoms with Gasteiger partial charge in [0, 0.05) is 64.4 Å². The van der Waals surface area contributed by atoms with E-state index in [1.165, 1.54) is 0 Å². The fourth-order valence-corrected chi connectivity index (χ4v) is 5.88. The van der Waals surface area contributed by atoms with Crippen LogP contribution in [0.25, 0.3) is 5.65 Å². The van der Waals surface area contributed by atoms with Crippen molar-refractivity contribution in [3.05, 3.63) is 46.5 Å². The van der Waals surface area contributed by atoms with Crippen molar-refractivity contribution < 1.29 is 9.59 Å². The standard InChI is InChI=1S/C23H29N5O3/c1-25(2)23(31)22-16-10-15(18-6-5-8-20(29)28(18)22)12-26(13-16)14-17-11-21(30)27-9-4-3-7-19(27)24-17/h3-4,7,9,11,15-16,18,22H,5-6,8,10,12-14H2,1-2H3/t15-,16+,18-,22+/m0/s1. The van der Waals surface area contributed by atoms with Crippen LogP contribution in [0, 0.1) is 11.8 Å². The molecule has 164 valence electrons. The maximum atomic E-state index is 13.1. The van der Waals surface area contributed by atoms with Crippen molar-refractivity contribution in [1.29, 1.82) is 0 Å². The minimum absolute atomic E-state index is 0.0209. The predicted molar refractivity (Wildman–Crippen MR) is 115 cm³/mol. The second-order valence-electron chi connectivity index (χ2n) is 9.40. The first-order valence-electron chi connectivity index (χ1n) is 11.1. The fourth-order valence-electron chi connectivity index (χ4n) is 5.88. The zero-order chi connectivity index (χ0) is 21.7. The van der Waals surface area contributed by atoms with Crippen LogP contribution in [0.3, 0.4) is 0 Å². The van der Waals surface area contributed by atoms with Crippen LogP contribution in [0.4, 0.5) is 0 Å². The van der Waals surface area contributed by atoms with Gasteiger partial charge in [0.1, 0.15) is 11.7 Å². The molecule has 0 radical (unpaired) electrons. The number of fused-ring (bicyclic) bond motifs is 5. The topological polar surface area (TPSA) is 78.2 Å². The van der Waals surface area contributed by atoms with Gasteiger partial charge in [0.05, 0.1) is 5.69 Å². The zero-order valence-corrected chi connectivity index (χ0v) is 18.1. The van der Waals surface area contributed by atoms with E-state index in [9.17, 15) is 14.4 Å². The van der Waals surface area contributed by atoms with Gasteiger partial charge in [0.25, 0.3) is 5.56 Å². The van der Waals surface area contributed by atoms with Gasteiger partial charge in [-0.25, -0.2) is 4.98 Å². The van der Waals surface area contributed by atoms with Crippen molar-refractivity contribution in [3.63, 3.8) is 0 Å². The molecule has 2 aromatic heterocycles. The maximum Gasteiger partial charge on any atom is 0.258 e. The Morgan fingerprint density at radius 3 is 2.81 bits per heavy atom. The molecule has 4 atom stereocenters. The molecule has 0 aliphatic carbocycles. The Hall–Kier alpha value is -2.74. The van der Waals surface area contributed by atoms with E-state index in [0.29, 0.717) is 24.5 Å². The highest BCUT2D eigenvalue weighted by molar-refractivity contribution is 5.88. The van der Waals surface area contributed by atoms with Gasteiger partial charge in [0.2, 0.25) is 11.8 Å². The molecule has 0 N–H and O–H groups in total. The Kier molecular flexibility index (Phi) is 5.04. The van der Waals surface area contributed by atoms with Crippen LogP contribution in [0.5, 0.6) is 0 Å². The molecule has 0 spiro atoms. The summed E-state index contributed by atoms with van der Waals surface area (Å²) in [6.07, 6.45) is 5.10. The first kappa shape index (κ1) is 20.2. The van der Waals surface area contributed by atoms with Gasteiger partial charge < -0.3 is 9.80 Å². The van der Waals surface area contributed by atoms with Crippen LogP contribution >= 0.6 is 0 Å². The van der Waals surface area contributed by atoms with Crippen molar-refractivity contribution in [3.8, 4) is 0 Å². The summed E-state index contributed by atoms with van der Waals surface area (Å²) in [5.74, 6) is 0.612. The maximum absolute atomic E-state index is 13.1. The van der Waals surface area contributed by atoms with Gasteiger partial charge in [-0.1, -0.05) is 6.07 Å². The number of likely N-dealkylation sites (N-methyl/N-ethyl adjacent to an activating group) is 1. The summed E-state index contributed by atoms with van der Waals surface area (Å²) in [6.45, 7) is 2.17. The average molecular weight is 424 g/mol. The molecule has 3 aliphatic rings. The summed E-state index contributed by atoms with van der Waals surface area (Å²) in [5.41, 5.74) is 1.32. The molecule has 31 heavy (non-hydrogen) atoms. The Labute approximate surface area is 181 Å². The Bertz CT molecular complexity index is 1080. The van der Waals surface area contributed by atoms with Gasteiger partial charge in [-0.15, -0.1) is 0 Å². The summed E-state index contributed by atoms with van der Waals surface area (Å²) in [4.78, 5) is 49.0. The SMILES string of the molecule is CN(C)C(=O)[C@H]1[C@@H]2C[C@@H](CN(Cc3cc(=O)n4ccccc4n3)C2)[C@@H]2CCCC(=O)N21. The number of nitrogens with zero attached hydrogens (tertiary/aromatic N) is 5. The summed E-state index contributed by atoms with van der Waals surface area (Å²) >= 11 is 0. The van der Waals surface area contributed by atoms with Crippen LogP contribution in [-0.2, 0) is 16.1 Å². The summed E-state index contributed by atoms with van der Waals surface area (Å²) < 4.78 is 1.55. The number of likely N-dealkylation sites (tertiary alicyclic amines) is 1. The van der Waals surface area contributed by atoms with Crippen molar-refractivity contribution in [2.24, 2.45) is 11.8 Å². The minimum atomic E-state index is -0.387. The van der Waals surface area contributed by atoms with Crippen LogP contribution in [0.1, 0.15) is 31.4 Å². The molecule has 3 fully saturated rings. The second kappa shape index (κ2) is 7.75. The van der Waals surface area contributed by atoms with E-state index in [0.717, 1.165) is 38.0 Å². The summed E-state index contributed by atoms with van der Waals surface area (Å²) in [7, 11) is 3.54. The molecule has 8 nitrogen and oxygen atoms in total. The first-order valence-corrected chi connectivity index (χ1v) is 11.1. The molecule has 3 aliphatic heterocycles. The Balaban J connectivity index is 1.43. The molecule has 8 heteroatoms. The largest absolute Gasteiger partial charge is 0.347 e. The molecule has 3 saturated heterocycles. The normalized spacial score (nSPS) is 28.5. The van der Waals surface area contributed by atoms with Gasteiger partial charge in [-0.05, 0) is 37.3 Å². The second-order valence-corrected chi connectivity index (χ2v) is 9.40. The lowest BCUT2D eigenvalue weighted by Gasteiger charge is -2.56. The van der Waals surface area contributed by atoms with Crippen molar-refractivity contribution in [2.75, 3.05) is 27.2 Å². The summed E-state index contributed by atoms with van der Waals surface area (Å²) in [5, 5.41) is 0. The number of aromatic nitrogens is 2. The number of rotatable bonds is 3. The summed E-state index contributed by atoms with van der Waals surface area (Å²) in [6, 6.07) is 6.89. The predicted octanol–water partition coefficient (Wildman–Crippen LogP) is 0.984. The Morgan fingerprint density at radius 1 is 1.19 bits per heavy atom. The molecular weight excluding hydrogens is 394 g/mol. The minimum Gasteiger partial charge on any atom is -0.347 e. The van der Waals surface area contributed by atoms with Gasteiger partial charge >= 0.3 is 0 Å². The number of hydrogen-bond acceptors (Lipinski definition) is 5. The fraction of sp³-hybridized carbons (Fsp3) is 0.565. The van der Waals surface area contributed by atoms with Crippen molar-refractivity contribution in [1.82, 2.24) is 24.1 Å². The van der Waals surface area contributed by atoms with Crippen molar-refractivity contribution >= 4 is 17.5 Å². The third-order valence-corrected chi connectivity index (χ3v) is 7.12. The van der Waals surface area contributed by atoms with Crippen molar-refractivity contribution in [2.45, 2.75) is 44.3 Å². The molecular formula is C23H29N5O3. The highest BCUT2D eigenvalue weighted by Crippen LogP contribution is 2.42. The van der Waals surface area contributed by atoms with E-state index in [2.05, 4.69) is 9.88 Å². The molecule has 2 amide bonds. The number of pyridine rings is 1. The zero-order valence-electron chi connectivity index (χ0n) is 18.1. The van der Waals surface area contributed by atoms with Gasteiger partial charge in [0.15, 0.2) is 0 Å². The molecule has 2 bridgehead atoms. The van der Waals surface area contributed by atoms with Crippen LogP contribution < -0.4 is 5.56 Å². The molecule has 0 unspecified atom stereocenters. The van der Waals surface area contributed by atoms with E-state index in [1.54, 1.807) is 35.7 Å². The van der Waals surface area contributed by atoms with Crippen LogP contribution in [-0.4, -0.2) is 75.2 Å². The number of carbonyl (C=O) groups excluding carboxylic acids is 2. The molecule has 0 saturated carbocycles. The monoisotopic (exact) mass is 423 g/mol. The third-order valence-electron chi connectivity index (χ3n) is 7.12. The van der Waals surface area contributed by atoms with E-state index in [-0.39, 0.29) is 35.4 Å². The van der Waals surface area contributed by atoms with E-state index in [1.807, 2.05) is 23.1 Å². The smallest absolute Gasteiger partial charge is 0.258 e. The number of carbonyl (C=O) groups is 2. The Morgan fingerprint density at radius 2 is 2.00 bits per heavy atom. The van der Waals surface area contributed by atoms with Crippen LogP contribution in [0.15, 0.2) is 35.3 Å². The lowest BCUT2D eigenvalue weighted by atomic mass is 9.71. The molecule has 2 aromatic rings. The quantitative estimate of drug-likeness (QED) is 0.736. The first-order chi connectivity index (χ1) is 14.9. The van der Waals surface area contributed by atoms with E-state index in [4.69, 9.17) is 0 Å². The molecule has 0 aromatic carbocycles. The lowest BCUT2D eigenvalue weighted by molar-refractivity contribution is -0.164. The third kappa shape index (κ3) is 3.52. The van der Waals surface area contributed by atoms with E-state index < -0.39 is 0 Å². The highest BCUT2D eigenvalue weighted by Gasteiger charge is 2.52. The number of hydrogen-bond donors (Lipinski definition) is 0. The van der Waals surface area contributed by atoms with Gasteiger partial charge in [-0.2, -0.15) is 0 Å². The van der Waals surface area contributed by atoms with Gasteiger partial charge in [-0.3, -0.25) is 23.7 Å². The number of amides is 2. The highest BCUT2D eigenvalue weighted by atomic mass is 16.2. The van der Waals surface area contributed by atoms with E-state index >= 15 is 0 Å². The lowest BCUT2D eigenvalue weighted by Crippen LogP contribution is -2.68.